The molecule has 6 nitrogen and oxygen atoms in total. The van der Waals surface area contributed by atoms with Crippen LogP contribution in [0.4, 0.5) is 18.9 Å². The van der Waals surface area contributed by atoms with Gasteiger partial charge in [0.05, 0.1) is 11.1 Å². The zero-order chi connectivity index (χ0) is 13.4. The molecule has 0 aromatic carbocycles. The molecular weight excluding hydrogens is 289 g/mol. The minimum atomic E-state index is -4.88. The third kappa shape index (κ3) is 2.64. The Morgan fingerprint density at radius 2 is 2.00 bits per heavy atom. The third-order valence-electron chi connectivity index (χ3n) is 1.62. The maximum absolute atomic E-state index is 13.1. The molecule has 0 radical (unpaired) electrons. The van der Waals surface area contributed by atoms with E-state index in [0.29, 0.717) is 0 Å². The summed E-state index contributed by atoms with van der Waals surface area (Å²) in [5, 5.41) is 10.5. The number of hydrogen-bond acceptors (Lipinski definition) is 5. The van der Waals surface area contributed by atoms with E-state index in [1.54, 1.807) is 0 Å². The predicted octanol–water partition coefficient (Wildman–Crippen LogP) is 1.99. The molecule has 1 aromatic heterocycles. The van der Waals surface area contributed by atoms with Gasteiger partial charge in [-0.25, -0.2) is 26.6 Å². The van der Waals surface area contributed by atoms with Crippen molar-refractivity contribution in [2.75, 3.05) is 0 Å². The SMILES string of the molecule is O=[N+]([O-])c1c(C(F)F)ncc(F)c1S(=O)(=O)Cl. The Morgan fingerprint density at radius 1 is 1.47 bits per heavy atom. The molecule has 0 fully saturated rings. The van der Waals surface area contributed by atoms with Crippen molar-refractivity contribution in [1.82, 2.24) is 4.98 Å². The molecule has 0 aliphatic rings. The highest BCUT2D eigenvalue weighted by Gasteiger charge is 2.36. The molecule has 0 N–H and O–H groups in total. The lowest BCUT2D eigenvalue weighted by Crippen LogP contribution is -2.08. The highest BCUT2D eigenvalue weighted by Crippen LogP contribution is 2.35. The number of nitro groups is 1. The molecule has 94 valence electrons. The third-order valence-corrected chi connectivity index (χ3v) is 2.96. The van der Waals surface area contributed by atoms with Crippen LogP contribution in [0.2, 0.25) is 0 Å². The smallest absolute Gasteiger partial charge is 0.258 e. The van der Waals surface area contributed by atoms with Crippen molar-refractivity contribution in [3.05, 3.63) is 27.8 Å². The maximum atomic E-state index is 13.1. The Labute approximate surface area is 96.6 Å². The van der Waals surface area contributed by atoms with Crippen molar-refractivity contribution in [3.8, 4) is 0 Å². The Bertz CT molecular complexity index is 577. The van der Waals surface area contributed by atoms with Crippen LogP contribution in [-0.4, -0.2) is 18.3 Å². The molecular formula is C6H2ClF3N2O4S. The molecule has 0 amide bonds. The molecule has 1 aromatic rings. The minimum Gasteiger partial charge on any atom is -0.258 e. The van der Waals surface area contributed by atoms with Gasteiger partial charge < -0.3 is 0 Å². The number of rotatable bonds is 3. The summed E-state index contributed by atoms with van der Waals surface area (Å²) in [6.45, 7) is 0. The number of halogens is 4. The van der Waals surface area contributed by atoms with Gasteiger partial charge in [0.1, 0.15) is 0 Å². The molecule has 0 aliphatic heterocycles. The first-order valence-electron chi connectivity index (χ1n) is 3.72. The van der Waals surface area contributed by atoms with Gasteiger partial charge in [-0.15, -0.1) is 0 Å². The first-order chi connectivity index (χ1) is 7.66. The van der Waals surface area contributed by atoms with Crippen molar-refractivity contribution < 1.29 is 26.5 Å². The summed E-state index contributed by atoms with van der Waals surface area (Å²) in [7, 11) is -0.138. The summed E-state index contributed by atoms with van der Waals surface area (Å²) in [5.74, 6) is -1.67. The van der Waals surface area contributed by atoms with Crippen LogP contribution >= 0.6 is 10.7 Å². The Kier molecular flexibility index (Phi) is 3.57. The first-order valence-corrected chi connectivity index (χ1v) is 6.02. The Morgan fingerprint density at radius 3 is 2.35 bits per heavy atom. The molecule has 17 heavy (non-hydrogen) atoms. The van der Waals surface area contributed by atoms with E-state index >= 15 is 0 Å². The maximum Gasteiger partial charge on any atom is 0.319 e. The van der Waals surface area contributed by atoms with E-state index in [1.165, 1.54) is 0 Å². The van der Waals surface area contributed by atoms with E-state index in [-0.39, 0.29) is 6.20 Å². The number of alkyl halides is 2. The fraction of sp³-hybridized carbons (Fsp3) is 0.167. The molecule has 0 aliphatic carbocycles. The van der Waals surface area contributed by atoms with Crippen molar-refractivity contribution in [2.45, 2.75) is 11.3 Å². The van der Waals surface area contributed by atoms with Crippen molar-refractivity contribution in [3.63, 3.8) is 0 Å². The Balaban J connectivity index is 3.80. The lowest BCUT2D eigenvalue weighted by molar-refractivity contribution is -0.389. The average Bonchev–Trinajstić information content (AvgIpc) is 2.14. The van der Waals surface area contributed by atoms with Crippen LogP contribution in [-0.2, 0) is 9.05 Å². The van der Waals surface area contributed by atoms with Crippen LogP contribution in [0.1, 0.15) is 12.1 Å². The van der Waals surface area contributed by atoms with Crippen LogP contribution in [0, 0.1) is 15.9 Å². The summed E-state index contributed by atoms with van der Waals surface area (Å²) in [4.78, 5) is 10.2. The van der Waals surface area contributed by atoms with Gasteiger partial charge in [0.25, 0.3) is 15.5 Å². The van der Waals surface area contributed by atoms with E-state index in [4.69, 9.17) is 10.7 Å². The lowest BCUT2D eigenvalue weighted by atomic mass is 10.3. The molecule has 0 atom stereocenters. The van der Waals surface area contributed by atoms with Gasteiger partial charge in [-0.3, -0.25) is 10.1 Å². The zero-order valence-electron chi connectivity index (χ0n) is 7.60. The molecule has 0 unspecified atom stereocenters. The second kappa shape index (κ2) is 4.45. The van der Waals surface area contributed by atoms with Gasteiger partial charge in [0.2, 0.25) is 0 Å². The van der Waals surface area contributed by atoms with Crippen molar-refractivity contribution in [2.24, 2.45) is 0 Å². The van der Waals surface area contributed by atoms with E-state index in [2.05, 4.69) is 4.98 Å². The number of hydrogen-bond donors (Lipinski definition) is 0. The van der Waals surface area contributed by atoms with Gasteiger partial charge >= 0.3 is 5.69 Å². The van der Waals surface area contributed by atoms with Crippen LogP contribution in [0.5, 0.6) is 0 Å². The summed E-state index contributed by atoms with van der Waals surface area (Å²) in [6, 6.07) is 0. The fourth-order valence-corrected chi connectivity index (χ4v) is 2.18. The van der Waals surface area contributed by atoms with E-state index in [9.17, 15) is 31.7 Å². The van der Waals surface area contributed by atoms with Gasteiger partial charge in [-0.05, 0) is 0 Å². The topological polar surface area (TPSA) is 90.2 Å². The highest BCUT2D eigenvalue weighted by molar-refractivity contribution is 8.13. The largest absolute Gasteiger partial charge is 0.319 e. The predicted molar refractivity (Wildman–Crippen MR) is 48.8 cm³/mol. The molecule has 1 rings (SSSR count). The van der Waals surface area contributed by atoms with Crippen molar-refractivity contribution in [1.29, 1.82) is 0 Å². The van der Waals surface area contributed by atoms with E-state index in [1.807, 2.05) is 0 Å². The van der Waals surface area contributed by atoms with Crippen LogP contribution < -0.4 is 0 Å². The zero-order valence-corrected chi connectivity index (χ0v) is 9.17. The number of aromatic nitrogens is 1. The standard InChI is InChI=1S/C6H2ClF3N2O4S/c7-17(15,16)5-2(8)1-11-3(6(9)10)4(5)12(13)14/h1,6H. The average molecular weight is 291 g/mol. The first kappa shape index (κ1) is 13.6. The molecule has 11 heteroatoms. The highest BCUT2D eigenvalue weighted by atomic mass is 35.7. The van der Waals surface area contributed by atoms with E-state index in [0.717, 1.165) is 0 Å². The second-order valence-corrected chi connectivity index (χ2v) is 5.17. The molecule has 0 bridgehead atoms. The van der Waals surface area contributed by atoms with Crippen LogP contribution in [0.15, 0.2) is 11.1 Å². The monoisotopic (exact) mass is 290 g/mol. The van der Waals surface area contributed by atoms with Gasteiger partial charge in [-0.2, -0.15) is 0 Å². The fourth-order valence-electron chi connectivity index (χ4n) is 1.04. The lowest BCUT2D eigenvalue weighted by Gasteiger charge is -2.04. The second-order valence-electron chi connectivity index (χ2n) is 2.66. The normalized spacial score (nSPS) is 11.8. The van der Waals surface area contributed by atoms with Crippen molar-refractivity contribution >= 4 is 25.4 Å². The quantitative estimate of drug-likeness (QED) is 0.482. The molecule has 0 spiro atoms. The number of nitrogens with zero attached hydrogens (tertiary/aromatic N) is 2. The summed E-state index contributed by atoms with van der Waals surface area (Å²) >= 11 is 0. The minimum absolute atomic E-state index is 0.129. The summed E-state index contributed by atoms with van der Waals surface area (Å²) < 4.78 is 59.6. The van der Waals surface area contributed by atoms with E-state index < -0.39 is 42.5 Å². The number of pyridine rings is 1. The molecule has 1 heterocycles. The van der Waals surface area contributed by atoms with Crippen LogP contribution in [0.25, 0.3) is 0 Å². The van der Waals surface area contributed by atoms with Gasteiger partial charge in [-0.1, -0.05) is 0 Å². The summed E-state index contributed by atoms with van der Waals surface area (Å²) in [5.41, 5.74) is -3.12. The van der Waals surface area contributed by atoms with Gasteiger partial charge in [0, 0.05) is 10.7 Å². The molecule has 0 saturated heterocycles. The van der Waals surface area contributed by atoms with Gasteiger partial charge in [0.15, 0.2) is 16.4 Å². The summed E-state index contributed by atoms with van der Waals surface area (Å²) in [6.07, 6.45) is -3.31. The Hall–Kier alpha value is -1.42. The molecule has 0 saturated carbocycles. The van der Waals surface area contributed by atoms with Crippen LogP contribution in [0.3, 0.4) is 0 Å².